The molecule has 0 radical (unpaired) electrons. The Balaban J connectivity index is 1.64. The van der Waals surface area contributed by atoms with E-state index in [1.165, 1.54) is 0 Å². The number of hydrazone groups is 1. The van der Waals surface area contributed by atoms with E-state index in [1.807, 2.05) is 42.5 Å². The van der Waals surface area contributed by atoms with Crippen molar-refractivity contribution >= 4 is 86.2 Å². The predicted molar refractivity (Wildman–Crippen MR) is 139 cm³/mol. The normalized spacial score (nSPS) is 11.1. The van der Waals surface area contributed by atoms with E-state index in [0.717, 1.165) is 29.6 Å². The highest BCUT2D eigenvalue weighted by atomic mass is 127. The molecule has 0 aliphatic rings. The highest BCUT2D eigenvalue weighted by molar-refractivity contribution is 14.1. The summed E-state index contributed by atoms with van der Waals surface area (Å²) < 4.78 is 8.01. The molecule has 0 atom stereocenters. The smallest absolute Gasteiger partial charge is 0.146 e. The Bertz CT molecular complexity index is 1000. The van der Waals surface area contributed by atoms with E-state index in [4.69, 9.17) is 39.5 Å². The molecule has 1 N–H and O–H groups in total. The first kappa shape index (κ1) is 22.9. The second-order valence-corrected chi connectivity index (χ2v) is 9.53. The van der Waals surface area contributed by atoms with E-state index >= 15 is 0 Å². The van der Waals surface area contributed by atoms with Crippen LogP contribution in [0.25, 0.3) is 0 Å². The van der Waals surface area contributed by atoms with Gasteiger partial charge in [0.2, 0.25) is 0 Å². The number of benzene rings is 3. The average Bonchev–Trinajstić information content (AvgIpc) is 2.67. The monoisotopic (exact) mass is 670 g/mol. The van der Waals surface area contributed by atoms with E-state index in [-0.39, 0.29) is 0 Å². The zero-order valence-electron chi connectivity index (χ0n) is 14.9. The van der Waals surface area contributed by atoms with Crippen molar-refractivity contribution in [2.75, 3.05) is 0 Å². The molecule has 150 valence electrons. The van der Waals surface area contributed by atoms with E-state index in [9.17, 15) is 0 Å². The third-order valence-electron chi connectivity index (χ3n) is 3.97. The summed E-state index contributed by atoms with van der Waals surface area (Å²) in [5, 5.41) is 6.21. The molecule has 29 heavy (non-hydrogen) atoms. The van der Waals surface area contributed by atoms with Crippen LogP contribution in [0.5, 0.6) is 5.75 Å². The summed E-state index contributed by atoms with van der Waals surface area (Å²) in [6.07, 6.45) is 1.76. The minimum absolute atomic E-state index is 0.416. The van der Waals surface area contributed by atoms with Gasteiger partial charge in [0.1, 0.15) is 12.4 Å². The summed E-state index contributed by atoms with van der Waals surface area (Å²) in [4.78, 5) is 0. The molecule has 3 nitrogen and oxygen atoms in total. The number of nitrogens with one attached hydrogen (secondary N) is 1. The molecule has 8 heteroatoms. The molecule has 0 spiro atoms. The average molecular weight is 672 g/mol. The summed E-state index contributed by atoms with van der Waals surface area (Å²) in [6.45, 7) is 0.863. The van der Waals surface area contributed by atoms with Crippen molar-refractivity contribution in [1.82, 2.24) is 5.43 Å². The van der Waals surface area contributed by atoms with Crippen molar-refractivity contribution < 1.29 is 4.74 Å². The fourth-order valence-electron chi connectivity index (χ4n) is 2.50. The van der Waals surface area contributed by atoms with Crippen LogP contribution >= 0.6 is 80.0 Å². The zero-order valence-corrected chi connectivity index (χ0v) is 21.5. The fourth-order valence-corrected chi connectivity index (χ4v) is 5.35. The summed E-state index contributed by atoms with van der Waals surface area (Å²) in [5.74, 6) is 0.832. The molecule has 3 aromatic carbocycles. The van der Waals surface area contributed by atoms with Crippen molar-refractivity contribution in [3.8, 4) is 5.75 Å². The number of hydrogen-bond acceptors (Lipinski definition) is 3. The Kier molecular flexibility index (Phi) is 8.73. The first-order chi connectivity index (χ1) is 14.0. The Morgan fingerprint density at radius 1 is 0.897 bits per heavy atom. The van der Waals surface area contributed by atoms with Crippen LogP contribution in [0.2, 0.25) is 15.1 Å². The van der Waals surface area contributed by atoms with Crippen LogP contribution in [0.4, 0.5) is 0 Å². The molecular formula is C21H15Cl3I2N2O. The maximum Gasteiger partial charge on any atom is 0.146 e. The summed E-state index contributed by atoms with van der Waals surface area (Å²) >= 11 is 23.1. The molecule has 0 saturated heterocycles. The Morgan fingerprint density at radius 3 is 2.17 bits per heavy atom. The van der Waals surface area contributed by atoms with Gasteiger partial charge in [-0.3, -0.25) is 0 Å². The second-order valence-electron chi connectivity index (χ2n) is 5.99. The summed E-state index contributed by atoms with van der Waals surface area (Å²) in [6, 6.07) is 17.1. The summed E-state index contributed by atoms with van der Waals surface area (Å²) in [7, 11) is 0. The van der Waals surface area contributed by atoms with Crippen LogP contribution in [0.15, 0.2) is 59.7 Å². The molecule has 0 unspecified atom stereocenters. The molecule has 0 saturated carbocycles. The van der Waals surface area contributed by atoms with Crippen LogP contribution in [0.3, 0.4) is 0 Å². The lowest BCUT2D eigenvalue weighted by atomic mass is 10.2. The minimum Gasteiger partial charge on any atom is -0.487 e. The molecule has 3 rings (SSSR count). The quantitative estimate of drug-likeness (QED) is 0.160. The van der Waals surface area contributed by atoms with Gasteiger partial charge < -0.3 is 10.2 Å². The van der Waals surface area contributed by atoms with Gasteiger partial charge in [0.15, 0.2) is 0 Å². The molecular weight excluding hydrogens is 656 g/mol. The predicted octanol–water partition coefficient (Wildman–Crippen LogP) is 7.56. The van der Waals surface area contributed by atoms with Crippen molar-refractivity contribution in [2.24, 2.45) is 5.10 Å². The highest BCUT2D eigenvalue weighted by Crippen LogP contribution is 2.30. The molecule has 0 bridgehead atoms. The van der Waals surface area contributed by atoms with E-state index in [2.05, 4.69) is 55.7 Å². The molecule has 3 aromatic rings. The van der Waals surface area contributed by atoms with E-state index in [0.29, 0.717) is 28.2 Å². The molecule has 0 aromatic heterocycles. The largest absolute Gasteiger partial charge is 0.487 e. The van der Waals surface area contributed by atoms with Crippen LogP contribution in [0, 0.1) is 7.14 Å². The second kappa shape index (κ2) is 11.0. The van der Waals surface area contributed by atoms with Crippen molar-refractivity contribution in [2.45, 2.75) is 13.2 Å². The van der Waals surface area contributed by atoms with E-state index in [1.54, 1.807) is 18.3 Å². The van der Waals surface area contributed by atoms with Gasteiger partial charge in [-0.2, -0.15) is 5.10 Å². The van der Waals surface area contributed by atoms with Crippen LogP contribution in [-0.2, 0) is 13.2 Å². The lowest BCUT2D eigenvalue weighted by Crippen LogP contribution is -2.07. The number of ether oxygens (including phenoxy) is 1. The highest BCUT2D eigenvalue weighted by Gasteiger charge is 2.10. The molecule has 0 amide bonds. The fraction of sp³-hybridized carbons (Fsp3) is 0.0952. The minimum atomic E-state index is 0.416. The number of hydrogen-bond donors (Lipinski definition) is 1. The third kappa shape index (κ3) is 6.37. The molecule has 0 heterocycles. The Hall–Kier alpha value is -0.740. The molecule has 0 aliphatic carbocycles. The van der Waals surface area contributed by atoms with Gasteiger partial charge in [-0.05, 0) is 81.1 Å². The number of rotatable bonds is 7. The summed E-state index contributed by atoms with van der Waals surface area (Å²) in [5.41, 5.74) is 5.72. The maximum absolute atomic E-state index is 6.21. The SMILES string of the molecule is Clc1ccccc1COc1c(I)cc(/C=N/NCc2c(Cl)cccc2Cl)cc1I. The van der Waals surface area contributed by atoms with Crippen molar-refractivity contribution in [3.05, 3.63) is 93.5 Å². The lowest BCUT2D eigenvalue weighted by Gasteiger charge is -2.12. The Labute approximate surface area is 212 Å². The third-order valence-corrected chi connectivity index (χ3v) is 6.65. The molecule has 0 fully saturated rings. The topological polar surface area (TPSA) is 33.6 Å². The van der Waals surface area contributed by atoms with Gasteiger partial charge >= 0.3 is 0 Å². The van der Waals surface area contributed by atoms with Crippen LogP contribution in [0.1, 0.15) is 16.7 Å². The van der Waals surface area contributed by atoms with Gasteiger partial charge in [-0.15, -0.1) is 0 Å². The van der Waals surface area contributed by atoms with Crippen molar-refractivity contribution in [1.29, 1.82) is 0 Å². The van der Waals surface area contributed by atoms with Gasteiger partial charge in [-0.1, -0.05) is 59.1 Å². The maximum atomic E-state index is 6.21. The standard InChI is InChI=1S/C21H15Cl3I2N2O/c22-16-5-2-1-4-14(16)12-29-21-19(25)8-13(9-20(21)26)10-27-28-11-15-17(23)6-3-7-18(15)24/h1-10,28H,11-12H2/b27-10+. The van der Waals surface area contributed by atoms with E-state index < -0.39 is 0 Å². The van der Waals surface area contributed by atoms with Crippen LogP contribution in [-0.4, -0.2) is 6.21 Å². The zero-order chi connectivity index (χ0) is 20.8. The Morgan fingerprint density at radius 2 is 1.52 bits per heavy atom. The first-order valence-corrected chi connectivity index (χ1v) is 11.8. The first-order valence-electron chi connectivity index (χ1n) is 8.49. The molecule has 0 aliphatic heterocycles. The lowest BCUT2D eigenvalue weighted by molar-refractivity contribution is 0.302. The van der Waals surface area contributed by atoms with Gasteiger partial charge in [0, 0.05) is 26.2 Å². The number of nitrogens with zero attached hydrogens (tertiary/aromatic N) is 1. The van der Waals surface area contributed by atoms with Crippen molar-refractivity contribution in [3.63, 3.8) is 0 Å². The van der Waals surface area contributed by atoms with Gasteiger partial charge in [0.25, 0.3) is 0 Å². The van der Waals surface area contributed by atoms with Crippen LogP contribution < -0.4 is 10.2 Å². The van der Waals surface area contributed by atoms with Gasteiger partial charge in [-0.25, -0.2) is 0 Å². The van der Waals surface area contributed by atoms with Gasteiger partial charge in [0.05, 0.1) is 19.9 Å². The number of halogens is 5.